The van der Waals surface area contributed by atoms with E-state index < -0.39 is 0 Å². The highest BCUT2D eigenvalue weighted by atomic mass is 15.1. The molecule has 0 bridgehead atoms. The van der Waals surface area contributed by atoms with Crippen LogP contribution < -0.4 is 0 Å². The Balaban J connectivity index is 1.33. The molecule has 6 aromatic carbocycles. The second-order valence-electron chi connectivity index (χ2n) is 11.1. The van der Waals surface area contributed by atoms with Gasteiger partial charge in [-0.05, 0) is 80.4 Å². The minimum absolute atomic E-state index is 0.306. The summed E-state index contributed by atoms with van der Waals surface area (Å²) in [5, 5.41) is 5.04. The van der Waals surface area contributed by atoms with E-state index in [9.17, 15) is 0 Å². The number of aryl methyl sites for hydroxylation is 1. The summed E-state index contributed by atoms with van der Waals surface area (Å²) < 4.78 is 2.37. The standard InChI is InChI=1S/C40H30N2/c1-27-41-37-26-31(24-25-38(37)42(27)32-14-6-3-7-15-32)40-35-18-10-8-16-33(35)39(34-17-9-11-19-36(34)40)30-22-20-29(21-23-30)28-12-4-2-5-13-28/h2-14,16-26,32H,15H2,1H3. The van der Waals surface area contributed by atoms with Gasteiger partial charge in [-0.2, -0.15) is 0 Å². The normalized spacial score (nSPS) is 14.7. The zero-order chi connectivity index (χ0) is 28.0. The first-order chi connectivity index (χ1) is 20.8. The lowest BCUT2D eigenvalue weighted by Gasteiger charge is -2.19. The third kappa shape index (κ3) is 3.99. The number of nitrogens with zero attached hydrogens (tertiary/aromatic N) is 2. The molecule has 42 heavy (non-hydrogen) atoms. The molecule has 1 aromatic heterocycles. The van der Waals surface area contributed by atoms with Crippen molar-refractivity contribution in [3.05, 3.63) is 151 Å². The van der Waals surface area contributed by atoms with Crippen molar-refractivity contribution >= 4 is 32.6 Å². The molecule has 0 spiro atoms. The van der Waals surface area contributed by atoms with Crippen LogP contribution in [0, 0.1) is 6.92 Å². The van der Waals surface area contributed by atoms with Crippen molar-refractivity contribution in [1.82, 2.24) is 9.55 Å². The highest BCUT2D eigenvalue weighted by Crippen LogP contribution is 2.44. The molecule has 1 heterocycles. The van der Waals surface area contributed by atoms with Crippen LogP contribution in [0.1, 0.15) is 18.3 Å². The molecule has 7 aromatic rings. The number of benzene rings is 6. The minimum Gasteiger partial charge on any atom is -0.321 e. The monoisotopic (exact) mass is 538 g/mol. The number of fused-ring (bicyclic) bond motifs is 3. The van der Waals surface area contributed by atoms with Gasteiger partial charge in [0.25, 0.3) is 0 Å². The fourth-order valence-corrected chi connectivity index (χ4v) is 6.76. The van der Waals surface area contributed by atoms with Gasteiger partial charge in [0.15, 0.2) is 0 Å². The fraction of sp³-hybridized carbons (Fsp3) is 0.0750. The van der Waals surface area contributed by atoms with Crippen molar-refractivity contribution in [2.45, 2.75) is 19.4 Å². The Hall–Kier alpha value is -5.21. The number of allylic oxidation sites excluding steroid dienone is 4. The van der Waals surface area contributed by atoms with E-state index in [1.165, 1.54) is 60.4 Å². The average Bonchev–Trinajstić information content (AvgIpc) is 3.39. The number of aromatic nitrogens is 2. The van der Waals surface area contributed by atoms with E-state index in [4.69, 9.17) is 4.98 Å². The summed E-state index contributed by atoms with van der Waals surface area (Å²) in [5.41, 5.74) is 9.66. The molecular formula is C40H30N2. The fourth-order valence-electron chi connectivity index (χ4n) is 6.76. The van der Waals surface area contributed by atoms with E-state index in [1.54, 1.807) is 0 Å². The second-order valence-corrected chi connectivity index (χ2v) is 11.1. The van der Waals surface area contributed by atoms with Gasteiger partial charge in [0.1, 0.15) is 5.82 Å². The number of hydrogen-bond acceptors (Lipinski definition) is 1. The first kappa shape index (κ1) is 24.6. The van der Waals surface area contributed by atoms with Gasteiger partial charge in [0.2, 0.25) is 0 Å². The van der Waals surface area contributed by atoms with Gasteiger partial charge < -0.3 is 4.57 Å². The van der Waals surface area contributed by atoms with E-state index >= 15 is 0 Å². The molecule has 1 atom stereocenters. The lowest BCUT2D eigenvalue weighted by Crippen LogP contribution is -2.08. The van der Waals surface area contributed by atoms with Crippen LogP contribution in [0.4, 0.5) is 0 Å². The van der Waals surface area contributed by atoms with Crippen LogP contribution in [-0.4, -0.2) is 9.55 Å². The number of rotatable bonds is 4. The predicted octanol–water partition coefficient (Wildman–Crippen LogP) is 10.7. The van der Waals surface area contributed by atoms with Crippen molar-refractivity contribution in [2.24, 2.45) is 0 Å². The van der Waals surface area contributed by atoms with Crippen molar-refractivity contribution < 1.29 is 0 Å². The Morgan fingerprint density at radius 1 is 0.571 bits per heavy atom. The van der Waals surface area contributed by atoms with E-state index in [1.807, 2.05) is 0 Å². The SMILES string of the molecule is Cc1nc2cc(-c3c4ccccc4c(-c4ccc(-c5ccccc5)cc4)c4ccccc34)ccc2n1C1C=CC=CC1. The summed E-state index contributed by atoms with van der Waals surface area (Å²) in [6, 6.07) is 44.4. The van der Waals surface area contributed by atoms with Crippen LogP contribution in [0.3, 0.4) is 0 Å². The van der Waals surface area contributed by atoms with Crippen molar-refractivity contribution in [2.75, 3.05) is 0 Å². The van der Waals surface area contributed by atoms with Gasteiger partial charge in [-0.3, -0.25) is 0 Å². The summed E-state index contributed by atoms with van der Waals surface area (Å²) >= 11 is 0. The van der Waals surface area contributed by atoms with Gasteiger partial charge in [-0.25, -0.2) is 4.98 Å². The molecule has 1 unspecified atom stereocenters. The third-order valence-electron chi connectivity index (χ3n) is 8.66. The second kappa shape index (κ2) is 10.0. The van der Waals surface area contributed by atoms with Gasteiger partial charge in [0.05, 0.1) is 17.1 Å². The van der Waals surface area contributed by atoms with Crippen LogP contribution >= 0.6 is 0 Å². The largest absolute Gasteiger partial charge is 0.321 e. The summed E-state index contributed by atoms with van der Waals surface area (Å²) in [6.45, 7) is 2.12. The molecule has 0 saturated carbocycles. The Kier molecular flexibility index (Phi) is 5.86. The van der Waals surface area contributed by atoms with Crippen LogP contribution in [0.25, 0.3) is 66.0 Å². The van der Waals surface area contributed by atoms with Gasteiger partial charge in [0, 0.05) is 0 Å². The van der Waals surface area contributed by atoms with Gasteiger partial charge in [-0.1, -0.05) is 133 Å². The maximum absolute atomic E-state index is 5.04. The summed E-state index contributed by atoms with van der Waals surface area (Å²) in [6.07, 6.45) is 9.77. The van der Waals surface area contributed by atoms with Crippen LogP contribution in [0.15, 0.2) is 146 Å². The maximum Gasteiger partial charge on any atom is 0.107 e. The lowest BCUT2D eigenvalue weighted by molar-refractivity contribution is 0.607. The average molecular weight is 539 g/mol. The maximum atomic E-state index is 5.04. The first-order valence-corrected chi connectivity index (χ1v) is 14.7. The molecule has 8 rings (SSSR count). The predicted molar refractivity (Wildman–Crippen MR) is 178 cm³/mol. The smallest absolute Gasteiger partial charge is 0.107 e. The summed E-state index contributed by atoms with van der Waals surface area (Å²) in [7, 11) is 0. The van der Waals surface area contributed by atoms with Crippen molar-refractivity contribution in [3.8, 4) is 33.4 Å². The zero-order valence-electron chi connectivity index (χ0n) is 23.5. The Morgan fingerprint density at radius 2 is 1.12 bits per heavy atom. The minimum atomic E-state index is 0.306. The zero-order valence-corrected chi connectivity index (χ0v) is 23.5. The highest BCUT2D eigenvalue weighted by molar-refractivity contribution is 6.21. The summed E-state index contributed by atoms with van der Waals surface area (Å²) in [5.74, 6) is 1.05. The topological polar surface area (TPSA) is 17.8 Å². The van der Waals surface area contributed by atoms with E-state index in [0.717, 1.165) is 17.8 Å². The van der Waals surface area contributed by atoms with Crippen molar-refractivity contribution in [3.63, 3.8) is 0 Å². The Bertz CT molecular complexity index is 2110. The first-order valence-electron chi connectivity index (χ1n) is 14.7. The van der Waals surface area contributed by atoms with Gasteiger partial charge in [-0.15, -0.1) is 0 Å². The quantitative estimate of drug-likeness (QED) is 0.204. The lowest BCUT2D eigenvalue weighted by atomic mass is 9.85. The van der Waals surface area contributed by atoms with Crippen LogP contribution in [0.5, 0.6) is 0 Å². The third-order valence-corrected chi connectivity index (χ3v) is 8.66. The molecule has 0 N–H and O–H groups in total. The molecule has 0 saturated heterocycles. The molecule has 0 amide bonds. The highest BCUT2D eigenvalue weighted by Gasteiger charge is 2.19. The number of imidazole rings is 1. The van der Waals surface area contributed by atoms with E-state index in [2.05, 4.69) is 157 Å². The van der Waals surface area contributed by atoms with Gasteiger partial charge >= 0.3 is 0 Å². The molecule has 0 radical (unpaired) electrons. The van der Waals surface area contributed by atoms with Crippen molar-refractivity contribution in [1.29, 1.82) is 0 Å². The Labute approximate surface area is 245 Å². The number of hydrogen-bond donors (Lipinski definition) is 0. The molecule has 2 heteroatoms. The molecule has 0 aliphatic heterocycles. The van der Waals surface area contributed by atoms with E-state index in [-0.39, 0.29) is 0 Å². The molecule has 1 aliphatic carbocycles. The Morgan fingerprint density at radius 3 is 1.74 bits per heavy atom. The molecular weight excluding hydrogens is 508 g/mol. The summed E-state index contributed by atoms with van der Waals surface area (Å²) in [4.78, 5) is 5.04. The van der Waals surface area contributed by atoms with E-state index in [0.29, 0.717) is 6.04 Å². The molecule has 2 nitrogen and oxygen atoms in total. The molecule has 200 valence electrons. The molecule has 0 fully saturated rings. The van der Waals surface area contributed by atoms with Crippen LogP contribution in [-0.2, 0) is 0 Å². The molecule has 1 aliphatic rings. The van der Waals surface area contributed by atoms with Crippen LogP contribution in [0.2, 0.25) is 0 Å².